The van der Waals surface area contributed by atoms with Gasteiger partial charge >= 0.3 is 10.2 Å². The lowest BCUT2D eigenvalue weighted by atomic mass is 10.3. The molecule has 0 radical (unpaired) electrons. The molecule has 10 heteroatoms. The number of sulfonamides is 1. The molecule has 0 amide bonds. The van der Waals surface area contributed by atoms with Crippen molar-refractivity contribution in [1.82, 2.24) is 4.31 Å². The molecule has 2 N–H and O–H groups in total. The number of benzene rings is 1. The maximum atomic E-state index is 12.4. The van der Waals surface area contributed by atoms with Crippen LogP contribution in [0.4, 0.5) is 5.69 Å². The summed E-state index contributed by atoms with van der Waals surface area (Å²) in [5.41, 5.74) is 0.355. The van der Waals surface area contributed by atoms with Crippen LogP contribution in [0.15, 0.2) is 29.2 Å². The molecule has 0 spiro atoms. The number of primary sulfonamides is 1. The van der Waals surface area contributed by atoms with Gasteiger partial charge in [-0.1, -0.05) is 0 Å². The number of nitrogens with zero attached hydrogens (tertiary/aromatic N) is 2. The third-order valence-corrected chi connectivity index (χ3v) is 6.02. The Morgan fingerprint density at radius 1 is 1.10 bits per heavy atom. The summed E-state index contributed by atoms with van der Waals surface area (Å²) in [4.78, 5) is -0.0663. The fourth-order valence-electron chi connectivity index (χ4n) is 1.93. The number of hydrogen-bond acceptors (Lipinski definition) is 5. The average Bonchev–Trinajstić information content (AvgIpc) is 2.46. The zero-order valence-corrected chi connectivity index (χ0v) is 13.1. The first-order valence-corrected chi connectivity index (χ1v) is 9.12. The molecule has 1 fully saturated rings. The lowest BCUT2D eigenvalue weighted by Gasteiger charge is -2.31. The molecule has 1 aromatic carbocycles. The predicted octanol–water partition coefficient (Wildman–Crippen LogP) is -0.653. The molecule has 0 bridgehead atoms. The van der Waals surface area contributed by atoms with Gasteiger partial charge in [0.05, 0.1) is 23.8 Å². The molecule has 1 saturated heterocycles. The van der Waals surface area contributed by atoms with Gasteiger partial charge in [0.15, 0.2) is 0 Å². The van der Waals surface area contributed by atoms with Gasteiger partial charge in [-0.2, -0.15) is 12.7 Å². The fourth-order valence-corrected chi connectivity index (χ4v) is 3.79. The normalized spacial score (nSPS) is 17.6. The van der Waals surface area contributed by atoms with Gasteiger partial charge in [0.25, 0.3) is 0 Å². The van der Waals surface area contributed by atoms with Crippen molar-refractivity contribution >= 4 is 25.9 Å². The molecular weight excluding hydrogens is 318 g/mol. The second-order valence-electron chi connectivity index (χ2n) is 4.53. The summed E-state index contributed by atoms with van der Waals surface area (Å²) in [5.74, 6) is 0. The SMILES string of the molecule is CN(c1ccc(S(N)(=O)=O)cc1)S(=O)(=O)N1CCOCC1. The summed E-state index contributed by atoms with van der Waals surface area (Å²) < 4.78 is 54.8. The molecule has 0 aliphatic carbocycles. The van der Waals surface area contributed by atoms with Crippen molar-refractivity contribution in [1.29, 1.82) is 0 Å². The van der Waals surface area contributed by atoms with Crippen LogP contribution in [-0.4, -0.2) is 54.5 Å². The van der Waals surface area contributed by atoms with E-state index in [4.69, 9.17) is 9.88 Å². The molecule has 0 atom stereocenters. The van der Waals surface area contributed by atoms with E-state index >= 15 is 0 Å². The van der Waals surface area contributed by atoms with Gasteiger partial charge in [0, 0.05) is 20.1 Å². The number of morpholine rings is 1. The molecule has 21 heavy (non-hydrogen) atoms. The van der Waals surface area contributed by atoms with Gasteiger partial charge in [0.1, 0.15) is 0 Å². The number of rotatable bonds is 4. The quantitative estimate of drug-likeness (QED) is 0.786. The van der Waals surface area contributed by atoms with Crippen molar-refractivity contribution in [2.24, 2.45) is 5.14 Å². The van der Waals surface area contributed by atoms with E-state index in [1.807, 2.05) is 0 Å². The highest BCUT2D eigenvalue weighted by atomic mass is 32.2. The molecule has 1 aliphatic heterocycles. The van der Waals surface area contributed by atoms with Crippen LogP contribution in [0.5, 0.6) is 0 Å². The van der Waals surface area contributed by atoms with Gasteiger partial charge in [-0.15, -0.1) is 0 Å². The largest absolute Gasteiger partial charge is 0.379 e. The van der Waals surface area contributed by atoms with Crippen LogP contribution in [0.1, 0.15) is 0 Å². The van der Waals surface area contributed by atoms with Crippen molar-refractivity contribution in [2.75, 3.05) is 37.7 Å². The van der Waals surface area contributed by atoms with Crippen molar-refractivity contribution in [3.63, 3.8) is 0 Å². The second kappa shape index (κ2) is 5.89. The van der Waals surface area contributed by atoms with E-state index in [-0.39, 0.29) is 4.90 Å². The van der Waals surface area contributed by atoms with Crippen molar-refractivity contribution < 1.29 is 21.6 Å². The topological polar surface area (TPSA) is 110 Å². The van der Waals surface area contributed by atoms with Gasteiger partial charge in [-0.05, 0) is 24.3 Å². The minimum absolute atomic E-state index is 0.0663. The molecule has 1 heterocycles. The molecule has 0 unspecified atom stereocenters. The minimum atomic E-state index is -3.80. The molecule has 8 nitrogen and oxygen atoms in total. The Balaban J connectivity index is 2.24. The summed E-state index contributed by atoms with van der Waals surface area (Å²) >= 11 is 0. The third kappa shape index (κ3) is 3.52. The van der Waals surface area contributed by atoms with Crippen LogP contribution in [-0.2, 0) is 25.0 Å². The lowest BCUT2D eigenvalue weighted by Crippen LogP contribution is -2.47. The van der Waals surface area contributed by atoms with Gasteiger partial charge in [0.2, 0.25) is 10.0 Å². The number of anilines is 1. The average molecular weight is 335 g/mol. The standard InChI is InChI=1S/C11H17N3O5S2/c1-13(21(17,18)14-6-8-19-9-7-14)10-2-4-11(5-3-10)20(12,15)16/h2-5H,6-9H2,1H3,(H2,12,15,16). The Morgan fingerprint density at radius 3 is 2.10 bits per heavy atom. The van der Waals surface area contributed by atoms with E-state index in [1.54, 1.807) is 0 Å². The second-order valence-corrected chi connectivity index (χ2v) is 8.05. The first kappa shape index (κ1) is 16.2. The highest BCUT2D eigenvalue weighted by Crippen LogP contribution is 2.21. The summed E-state index contributed by atoms with van der Waals surface area (Å²) in [6.45, 7) is 1.30. The van der Waals surface area contributed by atoms with E-state index in [9.17, 15) is 16.8 Å². The predicted molar refractivity (Wildman–Crippen MR) is 77.5 cm³/mol. The van der Waals surface area contributed by atoms with E-state index in [2.05, 4.69) is 0 Å². The lowest BCUT2D eigenvalue weighted by molar-refractivity contribution is 0.0730. The zero-order valence-electron chi connectivity index (χ0n) is 11.5. The first-order valence-electron chi connectivity index (χ1n) is 6.17. The zero-order chi connectivity index (χ0) is 15.7. The Bertz CT molecular complexity index is 694. The van der Waals surface area contributed by atoms with Crippen molar-refractivity contribution in [3.8, 4) is 0 Å². The smallest absolute Gasteiger partial charge is 0.303 e. The third-order valence-electron chi connectivity index (χ3n) is 3.17. The monoisotopic (exact) mass is 335 g/mol. The van der Waals surface area contributed by atoms with Crippen LogP contribution in [0, 0.1) is 0 Å². The maximum Gasteiger partial charge on any atom is 0.303 e. The highest BCUT2D eigenvalue weighted by Gasteiger charge is 2.28. The molecule has 2 rings (SSSR count). The fraction of sp³-hybridized carbons (Fsp3) is 0.455. The molecule has 1 aliphatic rings. The molecule has 0 aromatic heterocycles. The number of nitrogens with two attached hydrogens (primary N) is 1. The van der Waals surface area contributed by atoms with Crippen LogP contribution in [0.3, 0.4) is 0 Å². The molecule has 1 aromatic rings. The highest BCUT2D eigenvalue weighted by molar-refractivity contribution is 7.90. The maximum absolute atomic E-state index is 12.4. The summed E-state index contributed by atoms with van der Waals surface area (Å²) in [6, 6.07) is 5.35. The van der Waals surface area contributed by atoms with Crippen molar-refractivity contribution in [3.05, 3.63) is 24.3 Å². The van der Waals surface area contributed by atoms with Crippen LogP contribution < -0.4 is 9.44 Å². The molecule has 118 valence electrons. The summed E-state index contributed by atoms with van der Waals surface area (Å²) in [6.07, 6.45) is 0. The summed E-state index contributed by atoms with van der Waals surface area (Å²) in [5, 5.41) is 5.00. The minimum Gasteiger partial charge on any atom is -0.379 e. The Morgan fingerprint density at radius 2 is 1.62 bits per heavy atom. The summed E-state index contributed by atoms with van der Waals surface area (Å²) in [7, 11) is -6.04. The van der Waals surface area contributed by atoms with E-state index in [0.29, 0.717) is 32.0 Å². The van der Waals surface area contributed by atoms with Gasteiger partial charge in [-0.3, -0.25) is 4.31 Å². The van der Waals surface area contributed by atoms with Gasteiger partial charge in [-0.25, -0.2) is 13.6 Å². The molecular formula is C11H17N3O5S2. The Labute approximate surface area is 124 Å². The van der Waals surface area contributed by atoms with E-state index in [0.717, 1.165) is 4.31 Å². The molecule has 0 saturated carbocycles. The van der Waals surface area contributed by atoms with E-state index < -0.39 is 20.2 Å². The van der Waals surface area contributed by atoms with Crippen LogP contribution in [0.25, 0.3) is 0 Å². The van der Waals surface area contributed by atoms with Crippen LogP contribution in [0.2, 0.25) is 0 Å². The first-order chi connectivity index (χ1) is 9.73. The van der Waals surface area contributed by atoms with Crippen LogP contribution >= 0.6 is 0 Å². The Hall–Kier alpha value is -1.20. The van der Waals surface area contributed by atoms with Gasteiger partial charge < -0.3 is 4.74 Å². The van der Waals surface area contributed by atoms with Crippen molar-refractivity contribution in [2.45, 2.75) is 4.90 Å². The Kier molecular flexibility index (Phi) is 4.54. The number of hydrogen-bond donors (Lipinski definition) is 1. The van der Waals surface area contributed by atoms with E-state index in [1.165, 1.54) is 35.6 Å². The number of ether oxygens (including phenoxy) is 1.